The second-order valence-electron chi connectivity index (χ2n) is 9.26. The van der Waals surface area contributed by atoms with Crippen LogP contribution in [0.3, 0.4) is 0 Å². The largest absolute Gasteiger partial charge is 0.297 e. The number of nitrogens with one attached hydrogen (secondary N) is 1. The van der Waals surface area contributed by atoms with Gasteiger partial charge in [-0.2, -0.15) is 10.2 Å². The number of nitrogens with zero attached hydrogens (tertiary/aromatic N) is 5. The normalized spacial score (nSPS) is 20.0. The standard InChI is InChI=1S/C26H24N6.ClH/c1-3-7-21-18(5-1)13-19(15-27-21)23-14-25-26(10-12-32(25)30-23)9-11-31(17-26)16-24-20-6-2-4-8-22(20)28-29-24;/h1-8,13-15H,9-12,16-17H2,(H,28,29);1H. The summed E-state index contributed by atoms with van der Waals surface area (Å²) in [6.45, 7) is 4.09. The molecule has 2 aliphatic heterocycles. The summed E-state index contributed by atoms with van der Waals surface area (Å²) in [6.07, 6.45) is 4.31. The van der Waals surface area contributed by atoms with Crippen molar-refractivity contribution in [3.05, 3.63) is 78.2 Å². The number of pyridine rings is 1. The fraction of sp³-hybridized carbons (Fsp3) is 0.269. The van der Waals surface area contributed by atoms with E-state index in [4.69, 9.17) is 5.10 Å². The quantitative estimate of drug-likeness (QED) is 0.417. The van der Waals surface area contributed by atoms with E-state index >= 15 is 0 Å². The van der Waals surface area contributed by atoms with E-state index in [0.717, 1.165) is 53.9 Å². The van der Waals surface area contributed by atoms with Crippen LogP contribution in [0.1, 0.15) is 24.2 Å². The molecule has 1 atom stereocenters. The lowest BCUT2D eigenvalue weighted by Crippen LogP contribution is -2.29. The second kappa shape index (κ2) is 7.68. The van der Waals surface area contributed by atoms with Crippen LogP contribution in [0.4, 0.5) is 0 Å². The van der Waals surface area contributed by atoms with Crippen LogP contribution < -0.4 is 0 Å². The van der Waals surface area contributed by atoms with Crippen molar-refractivity contribution >= 4 is 34.2 Å². The van der Waals surface area contributed by atoms with E-state index in [1.807, 2.05) is 18.3 Å². The van der Waals surface area contributed by atoms with E-state index in [-0.39, 0.29) is 17.8 Å². The van der Waals surface area contributed by atoms with Gasteiger partial charge in [0.2, 0.25) is 0 Å². The predicted octanol–water partition coefficient (Wildman–Crippen LogP) is 4.94. The Morgan fingerprint density at radius 1 is 0.939 bits per heavy atom. The minimum Gasteiger partial charge on any atom is -0.297 e. The average molecular weight is 457 g/mol. The average Bonchev–Trinajstić information content (AvgIpc) is 3.60. The molecule has 1 unspecified atom stereocenters. The Morgan fingerprint density at radius 2 is 1.76 bits per heavy atom. The van der Waals surface area contributed by atoms with E-state index in [0.29, 0.717) is 0 Å². The Labute approximate surface area is 198 Å². The van der Waals surface area contributed by atoms with Gasteiger partial charge in [-0.15, -0.1) is 12.4 Å². The molecule has 1 spiro atoms. The molecule has 166 valence electrons. The zero-order chi connectivity index (χ0) is 21.1. The summed E-state index contributed by atoms with van der Waals surface area (Å²) in [5, 5.41) is 15.1. The molecule has 0 aliphatic carbocycles. The zero-order valence-corrected chi connectivity index (χ0v) is 19.1. The monoisotopic (exact) mass is 456 g/mol. The summed E-state index contributed by atoms with van der Waals surface area (Å²) in [4.78, 5) is 7.21. The molecular weight excluding hydrogens is 432 g/mol. The first-order valence-corrected chi connectivity index (χ1v) is 11.4. The number of rotatable bonds is 3. The first-order chi connectivity index (χ1) is 15.8. The Hall–Kier alpha value is -3.22. The maximum absolute atomic E-state index is 4.97. The smallest absolute Gasteiger partial charge is 0.0941 e. The number of halogens is 1. The number of hydrogen-bond acceptors (Lipinski definition) is 4. The lowest BCUT2D eigenvalue weighted by molar-refractivity contribution is 0.299. The van der Waals surface area contributed by atoms with Crippen molar-refractivity contribution in [2.24, 2.45) is 0 Å². The number of benzene rings is 2. The van der Waals surface area contributed by atoms with Crippen LogP contribution >= 0.6 is 12.4 Å². The molecule has 3 aromatic heterocycles. The molecule has 7 heteroatoms. The number of hydrogen-bond donors (Lipinski definition) is 1. The Morgan fingerprint density at radius 3 is 2.70 bits per heavy atom. The van der Waals surface area contributed by atoms with Crippen LogP contribution in [0, 0.1) is 0 Å². The van der Waals surface area contributed by atoms with Crippen LogP contribution in [0.25, 0.3) is 33.1 Å². The van der Waals surface area contributed by atoms with Gasteiger partial charge < -0.3 is 0 Å². The fourth-order valence-corrected chi connectivity index (χ4v) is 5.68. The van der Waals surface area contributed by atoms with Crippen LogP contribution in [0.15, 0.2) is 66.9 Å². The highest BCUT2D eigenvalue weighted by molar-refractivity contribution is 5.85. The number of para-hydroxylation sites is 2. The summed E-state index contributed by atoms with van der Waals surface area (Å²) in [5.41, 5.74) is 7.01. The molecule has 0 radical (unpaired) electrons. The molecule has 1 fully saturated rings. The topological polar surface area (TPSA) is 62.6 Å². The van der Waals surface area contributed by atoms with E-state index in [2.05, 4.69) is 73.3 Å². The van der Waals surface area contributed by atoms with Crippen LogP contribution in [-0.2, 0) is 18.5 Å². The van der Waals surface area contributed by atoms with Gasteiger partial charge in [0.25, 0.3) is 0 Å². The van der Waals surface area contributed by atoms with Gasteiger partial charge in [-0.25, -0.2) is 0 Å². The molecule has 5 heterocycles. The molecule has 0 bridgehead atoms. The predicted molar refractivity (Wildman–Crippen MR) is 132 cm³/mol. The van der Waals surface area contributed by atoms with Crippen molar-refractivity contribution in [1.29, 1.82) is 0 Å². The third-order valence-electron chi connectivity index (χ3n) is 7.37. The highest BCUT2D eigenvalue weighted by atomic mass is 35.5. The molecule has 33 heavy (non-hydrogen) atoms. The minimum absolute atomic E-state index is 0. The van der Waals surface area contributed by atoms with Gasteiger partial charge in [-0.05, 0) is 43.7 Å². The number of H-pyrrole nitrogens is 1. The molecule has 5 aromatic rings. The maximum atomic E-state index is 4.97. The van der Waals surface area contributed by atoms with Crippen molar-refractivity contribution in [3.8, 4) is 11.3 Å². The number of fused-ring (bicyclic) bond motifs is 4. The van der Waals surface area contributed by atoms with Gasteiger partial charge >= 0.3 is 0 Å². The number of likely N-dealkylation sites (tertiary alicyclic amines) is 1. The first-order valence-electron chi connectivity index (χ1n) is 11.4. The number of aromatic nitrogens is 5. The van der Waals surface area contributed by atoms with Crippen LogP contribution in [0.2, 0.25) is 0 Å². The molecule has 0 saturated carbocycles. The SMILES string of the molecule is Cl.c1ccc2ncc(-c3cc4n(n3)CCC43CCN(Cc4[nH]nc5ccccc45)C3)cc2c1. The van der Waals surface area contributed by atoms with Crippen molar-refractivity contribution in [2.45, 2.75) is 31.3 Å². The van der Waals surface area contributed by atoms with E-state index < -0.39 is 0 Å². The summed E-state index contributed by atoms with van der Waals surface area (Å²) in [7, 11) is 0. The van der Waals surface area contributed by atoms with Gasteiger partial charge in [0, 0.05) is 53.3 Å². The van der Waals surface area contributed by atoms with Crippen LogP contribution in [0.5, 0.6) is 0 Å². The summed E-state index contributed by atoms with van der Waals surface area (Å²) < 4.78 is 2.24. The second-order valence-corrected chi connectivity index (χ2v) is 9.26. The van der Waals surface area contributed by atoms with Crippen molar-refractivity contribution in [1.82, 2.24) is 29.9 Å². The Balaban J connectivity index is 0.00000206. The summed E-state index contributed by atoms with van der Waals surface area (Å²) >= 11 is 0. The molecule has 7 rings (SSSR count). The maximum Gasteiger partial charge on any atom is 0.0941 e. The van der Waals surface area contributed by atoms with Gasteiger partial charge in [0.05, 0.1) is 22.4 Å². The van der Waals surface area contributed by atoms with Gasteiger partial charge in [-0.1, -0.05) is 36.4 Å². The Bertz CT molecular complexity index is 1470. The molecule has 2 aliphatic rings. The van der Waals surface area contributed by atoms with Crippen molar-refractivity contribution in [3.63, 3.8) is 0 Å². The van der Waals surface area contributed by atoms with E-state index in [9.17, 15) is 0 Å². The highest BCUT2D eigenvalue weighted by Gasteiger charge is 2.45. The highest BCUT2D eigenvalue weighted by Crippen LogP contribution is 2.44. The first kappa shape index (κ1) is 20.4. The Kier molecular flexibility index (Phi) is 4.75. The molecule has 0 amide bonds. The third-order valence-corrected chi connectivity index (χ3v) is 7.37. The third kappa shape index (κ3) is 3.24. The van der Waals surface area contributed by atoms with E-state index in [1.54, 1.807) is 0 Å². The number of aromatic amines is 1. The molecule has 1 saturated heterocycles. The van der Waals surface area contributed by atoms with Gasteiger partial charge in [0.1, 0.15) is 0 Å². The van der Waals surface area contributed by atoms with E-state index in [1.165, 1.54) is 29.6 Å². The van der Waals surface area contributed by atoms with Crippen molar-refractivity contribution < 1.29 is 0 Å². The summed E-state index contributed by atoms with van der Waals surface area (Å²) in [6, 6.07) is 21.1. The van der Waals surface area contributed by atoms with Crippen LogP contribution in [-0.4, -0.2) is 43.0 Å². The molecule has 1 N–H and O–H groups in total. The summed E-state index contributed by atoms with van der Waals surface area (Å²) in [5.74, 6) is 0. The van der Waals surface area contributed by atoms with Gasteiger partial charge in [-0.3, -0.25) is 19.7 Å². The van der Waals surface area contributed by atoms with Crippen molar-refractivity contribution in [2.75, 3.05) is 13.1 Å². The lowest BCUT2D eigenvalue weighted by Gasteiger charge is -2.23. The lowest BCUT2D eigenvalue weighted by atomic mass is 9.82. The molecular formula is C26H25ClN6. The molecule has 6 nitrogen and oxygen atoms in total. The number of aryl methyl sites for hydroxylation is 1. The van der Waals surface area contributed by atoms with Gasteiger partial charge in [0.15, 0.2) is 0 Å². The fourth-order valence-electron chi connectivity index (χ4n) is 5.68. The zero-order valence-electron chi connectivity index (χ0n) is 18.2. The minimum atomic E-state index is 0. The molecule has 2 aromatic carbocycles.